The summed E-state index contributed by atoms with van der Waals surface area (Å²) in [7, 11) is -11.8. The van der Waals surface area contributed by atoms with Crippen molar-refractivity contribution in [3.8, 4) is 34.5 Å². The molecule has 0 aliphatic carbocycles. The van der Waals surface area contributed by atoms with Crippen molar-refractivity contribution in [2.45, 2.75) is 40.0 Å². The van der Waals surface area contributed by atoms with Gasteiger partial charge in [0.15, 0.2) is 0 Å². The van der Waals surface area contributed by atoms with E-state index in [9.17, 15) is 0 Å². The van der Waals surface area contributed by atoms with Gasteiger partial charge in [-0.2, -0.15) is 0 Å². The second-order valence-electron chi connectivity index (χ2n) is 12.2. The molecule has 0 spiro atoms. The van der Waals surface area contributed by atoms with Gasteiger partial charge in [0.05, 0.1) is 0 Å². The predicted molar refractivity (Wildman–Crippen MR) is 219 cm³/mol. The Kier molecular flexibility index (Phi) is 11.6. The van der Waals surface area contributed by atoms with Crippen LogP contribution in [-0.2, 0) is 19.3 Å². The van der Waals surface area contributed by atoms with Gasteiger partial charge < -0.3 is 27.1 Å². The molecule has 9 nitrogen and oxygen atoms in total. The molecule has 1 aliphatic heterocycles. The average Bonchev–Trinajstić information content (AvgIpc) is 3.19. The van der Waals surface area contributed by atoms with Crippen LogP contribution < -0.4 is 27.1 Å². The molecule has 276 valence electrons. The normalized spacial score (nSPS) is 20.3. The van der Waals surface area contributed by atoms with Gasteiger partial charge in [0.25, 0.3) is 0 Å². The Morgan fingerprint density at radius 1 is 0.296 bits per heavy atom. The van der Waals surface area contributed by atoms with E-state index in [1.807, 2.05) is 164 Å². The van der Waals surface area contributed by atoms with E-state index >= 15 is 0 Å². The van der Waals surface area contributed by atoms with Gasteiger partial charge in [0.1, 0.15) is 34.5 Å². The molecule has 0 bridgehead atoms. The van der Waals surface area contributed by atoms with E-state index < -0.39 is 23.0 Å². The highest BCUT2D eigenvalue weighted by atomic mass is 31.3. The maximum absolute atomic E-state index is 6.91. The lowest BCUT2D eigenvalue weighted by molar-refractivity contribution is 0.443. The number of para-hydroxylation sites is 3. The van der Waals surface area contributed by atoms with Crippen molar-refractivity contribution in [1.29, 1.82) is 0 Å². The maximum Gasteiger partial charge on any atom is 0.460 e. The molecule has 0 N–H and O–H groups in total. The Morgan fingerprint density at radius 2 is 0.500 bits per heavy atom. The van der Waals surface area contributed by atoms with Gasteiger partial charge in [-0.3, -0.25) is 0 Å². The highest BCUT2D eigenvalue weighted by Crippen LogP contribution is 2.78. The van der Waals surface area contributed by atoms with Crippen LogP contribution in [0.15, 0.2) is 177 Å². The fourth-order valence-corrected chi connectivity index (χ4v) is 14.4. The van der Waals surface area contributed by atoms with Gasteiger partial charge in [-0.1, -0.05) is 125 Å². The number of benzene rings is 6. The van der Waals surface area contributed by atoms with Crippen LogP contribution in [0, 0.1) is 0 Å². The summed E-state index contributed by atoms with van der Waals surface area (Å²) in [6.07, 6.45) is 2.59. The summed E-state index contributed by atoms with van der Waals surface area (Å²) >= 11 is 0. The van der Waals surface area contributed by atoms with Crippen molar-refractivity contribution in [2.75, 3.05) is 0 Å². The van der Waals surface area contributed by atoms with Gasteiger partial charge in [0.2, 0.25) is 0 Å². The first kappa shape index (κ1) is 37.1. The van der Waals surface area contributed by atoms with Crippen molar-refractivity contribution >= 4 is 23.0 Å². The number of nitrogens with zero attached hydrogens (tertiary/aromatic N) is 3. The molecule has 12 heteroatoms. The summed E-state index contributed by atoms with van der Waals surface area (Å²) in [6, 6.07) is 51.3. The fourth-order valence-electron chi connectivity index (χ4n) is 5.38. The van der Waals surface area contributed by atoms with Crippen molar-refractivity contribution < 1.29 is 27.1 Å². The molecule has 0 saturated carbocycles. The topological polar surface area (TPSA) is 92.5 Å². The fraction of sp³-hybridized carbons (Fsp3) is 0.143. The third-order valence-electron chi connectivity index (χ3n) is 8.25. The molecule has 0 radical (unpaired) electrons. The standard InChI is InChI=1S/C42H42N3O6P3/c1-4-34-22-28-40(29-23-34)49-52(46-37-16-10-7-11-17-37)43-53(47-38-18-12-8-13-19-38,50-41-30-24-35(5-2)25-31-41)45-54(44-52,48-39-20-14-9-15-21-39)51-42-32-26-36(6-3)27-33-42/h7-33H,4-6H2,1-3H3. The molecule has 6 aromatic rings. The number of hydrogen-bond donors (Lipinski definition) is 0. The molecular weight excluding hydrogens is 735 g/mol. The van der Waals surface area contributed by atoms with Crippen LogP contribution in [0.3, 0.4) is 0 Å². The van der Waals surface area contributed by atoms with Gasteiger partial charge in [0, 0.05) is 0 Å². The zero-order valence-corrected chi connectivity index (χ0v) is 33.0. The Hall–Kier alpha value is -5.19. The molecule has 54 heavy (non-hydrogen) atoms. The summed E-state index contributed by atoms with van der Waals surface area (Å²) in [4.78, 5) is 0. The first-order valence-electron chi connectivity index (χ1n) is 17.9. The molecule has 1 heterocycles. The number of rotatable bonds is 15. The summed E-state index contributed by atoms with van der Waals surface area (Å²) in [5.74, 6) is 2.88. The third kappa shape index (κ3) is 9.29. The van der Waals surface area contributed by atoms with E-state index in [0.29, 0.717) is 34.5 Å². The Morgan fingerprint density at radius 3 is 0.704 bits per heavy atom. The van der Waals surface area contributed by atoms with Crippen LogP contribution >= 0.6 is 23.0 Å². The second kappa shape index (κ2) is 16.9. The second-order valence-corrected chi connectivity index (χ2v) is 18.4. The molecule has 0 fully saturated rings. The minimum atomic E-state index is -3.92. The lowest BCUT2D eigenvalue weighted by Crippen LogP contribution is -2.11. The van der Waals surface area contributed by atoms with Crippen LogP contribution in [0.25, 0.3) is 0 Å². The smallest absolute Gasteiger partial charge is 0.413 e. The van der Waals surface area contributed by atoms with Crippen LogP contribution in [0.4, 0.5) is 0 Å². The predicted octanol–water partition coefficient (Wildman–Crippen LogP) is 14.0. The molecule has 0 saturated heterocycles. The van der Waals surface area contributed by atoms with E-state index in [1.54, 1.807) is 0 Å². The van der Waals surface area contributed by atoms with Crippen LogP contribution in [0.5, 0.6) is 34.5 Å². The molecule has 0 atom stereocenters. The first-order chi connectivity index (χ1) is 26.4. The summed E-state index contributed by atoms with van der Waals surface area (Å²) < 4.78 is 57.2. The lowest BCUT2D eigenvalue weighted by Gasteiger charge is -2.33. The summed E-state index contributed by atoms with van der Waals surface area (Å²) in [5.41, 5.74) is 3.44. The average molecular weight is 778 g/mol. The van der Waals surface area contributed by atoms with E-state index in [2.05, 4.69) is 20.8 Å². The molecule has 6 aromatic carbocycles. The van der Waals surface area contributed by atoms with Crippen molar-refractivity contribution in [3.05, 3.63) is 180 Å². The van der Waals surface area contributed by atoms with Gasteiger partial charge in [-0.05, 0) is 109 Å². The first-order valence-corrected chi connectivity index (χ1v) is 22.5. The van der Waals surface area contributed by atoms with Gasteiger partial charge in [-0.15, -0.1) is 0 Å². The highest BCUT2D eigenvalue weighted by molar-refractivity contribution is 7.79. The SMILES string of the molecule is CCc1ccc(OP2(Oc3ccccc3)=NP(Oc3ccccc3)(Oc3ccc(CC)cc3)=NP(Oc3ccccc3)(Oc3ccc(CC)cc3)=N2)cc1. The minimum absolute atomic E-state index is 0.473. The zero-order chi connectivity index (χ0) is 37.3. The van der Waals surface area contributed by atoms with E-state index in [1.165, 1.54) is 0 Å². The Bertz CT molecular complexity index is 2030. The van der Waals surface area contributed by atoms with E-state index in [-0.39, 0.29) is 0 Å². The molecule has 1 aliphatic rings. The molecule has 0 amide bonds. The van der Waals surface area contributed by atoms with Gasteiger partial charge in [-0.25, -0.2) is 0 Å². The largest absolute Gasteiger partial charge is 0.460 e. The minimum Gasteiger partial charge on any atom is -0.413 e. The summed E-state index contributed by atoms with van der Waals surface area (Å²) in [5, 5.41) is 0. The van der Waals surface area contributed by atoms with Crippen LogP contribution in [0.2, 0.25) is 0 Å². The quantitative estimate of drug-likeness (QED) is 0.0964. The molecule has 0 unspecified atom stereocenters. The lowest BCUT2D eigenvalue weighted by atomic mass is 10.2. The highest BCUT2D eigenvalue weighted by Gasteiger charge is 2.49. The number of aryl methyl sites for hydroxylation is 3. The Labute approximate surface area is 317 Å². The number of hydrogen-bond acceptors (Lipinski definition) is 9. The van der Waals surface area contributed by atoms with E-state index in [4.69, 9.17) is 40.7 Å². The van der Waals surface area contributed by atoms with Crippen LogP contribution in [0.1, 0.15) is 37.5 Å². The van der Waals surface area contributed by atoms with Crippen molar-refractivity contribution in [1.82, 2.24) is 0 Å². The van der Waals surface area contributed by atoms with Crippen LogP contribution in [-0.4, -0.2) is 0 Å². The maximum atomic E-state index is 6.91. The van der Waals surface area contributed by atoms with Crippen molar-refractivity contribution in [2.24, 2.45) is 13.5 Å². The monoisotopic (exact) mass is 777 g/mol. The van der Waals surface area contributed by atoms with Crippen molar-refractivity contribution in [3.63, 3.8) is 0 Å². The summed E-state index contributed by atoms with van der Waals surface area (Å²) in [6.45, 7) is 6.30. The Balaban J connectivity index is 1.54. The van der Waals surface area contributed by atoms with Gasteiger partial charge >= 0.3 is 23.0 Å². The van der Waals surface area contributed by atoms with E-state index in [0.717, 1.165) is 36.0 Å². The molecular formula is C42H42N3O6P3. The molecule has 0 aromatic heterocycles. The third-order valence-corrected chi connectivity index (χ3v) is 16.4. The molecule has 7 rings (SSSR count). The zero-order valence-electron chi connectivity index (χ0n) is 30.3.